The van der Waals surface area contributed by atoms with Gasteiger partial charge in [-0.3, -0.25) is 4.79 Å². The zero-order chi connectivity index (χ0) is 18.1. The van der Waals surface area contributed by atoms with Crippen LogP contribution >= 0.6 is 0 Å². The third-order valence-corrected chi connectivity index (χ3v) is 5.36. The second-order valence-electron chi connectivity index (χ2n) is 7.76. The average molecular weight is 353 g/mol. The number of fused-ring (bicyclic) bond motifs is 1. The summed E-state index contributed by atoms with van der Waals surface area (Å²) in [6, 6.07) is 8.80. The molecular formula is C20H27N5O. The highest BCUT2D eigenvalue weighted by Crippen LogP contribution is 2.30. The van der Waals surface area contributed by atoms with Crippen molar-refractivity contribution in [2.45, 2.75) is 50.6 Å². The van der Waals surface area contributed by atoms with Crippen molar-refractivity contribution in [2.24, 2.45) is 5.92 Å². The molecule has 2 fully saturated rings. The predicted molar refractivity (Wildman–Crippen MR) is 104 cm³/mol. The molecule has 0 unspecified atom stereocenters. The van der Waals surface area contributed by atoms with Crippen LogP contribution in [0.4, 0.5) is 11.8 Å². The fraction of sp³-hybridized carbons (Fsp3) is 0.550. The minimum absolute atomic E-state index is 0.259. The highest BCUT2D eigenvalue weighted by atomic mass is 16.2. The smallest absolute Gasteiger partial charge is 0.225 e. The highest BCUT2D eigenvalue weighted by Gasteiger charge is 2.32. The van der Waals surface area contributed by atoms with Crippen molar-refractivity contribution in [3.8, 4) is 0 Å². The van der Waals surface area contributed by atoms with Gasteiger partial charge in [-0.2, -0.15) is 4.98 Å². The quantitative estimate of drug-likeness (QED) is 0.865. The molecule has 0 aliphatic heterocycles. The molecule has 1 aromatic carbocycles. The molecule has 138 valence electrons. The van der Waals surface area contributed by atoms with Crippen LogP contribution in [0.3, 0.4) is 0 Å². The monoisotopic (exact) mass is 353 g/mol. The van der Waals surface area contributed by atoms with Gasteiger partial charge in [-0.1, -0.05) is 12.1 Å². The number of rotatable bonds is 5. The Balaban J connectivity index is 1.41. The molecule has 4 rings (SSSR count). The lowest BCUT2D eigenvalue weighted by Gasteiger charge is -2.30. The van der Waals surface area contributed by atoms with Crippen LogP contribution in [-0.4, -0.2) is 42.1 Å². The molecule has 1 aromatic heterocycles. The van der Waals surface area contributed by atoms with Gasteiger partial charge in [0.1, 0.15) is 5.82 Å². The van der Waals surface area contributed by atoms with Crippen LogP contribution in [0.2, 0.25) is 0 Å². The second kappa shape index (κ2) is 7.09. The molecular weight excluding hydrogens is 326 g/mol. The van der Waals surface area contributed by atoms with E-state index >= 15 is 0 Å². The number of nitrogens with one attached hydrogen (secondary N) is 2. The van der Waals surface area contributed by atoms with Gasteiger partial charge in [0.25, 0.3) is 0 Å². The molecule has 0 radical (unpaired) electrons. The fourth-order valence-electron chi connectivity index (χ4n) is 3.69. The first kappa shape index (κ1) is 17.1. The van der Waals surface area contributed by atoms with E-state index in [4.69, 9.17) is 9.97 Å². The molecule has 6 nitrogen and oxygen atoms in total. The summed E-state index contributed by atoms with van der Waals surface area (Å²) in [6.45, 7) is 0. The van der Waals surface area contributed by atoms with Gasteiger partial charge < -0.3 is 15.5 Å². The summed E-state index contributed by atoms with van der Waals surface area (Å²) in [6.07, 6.45) is 6.23. The summed E-state index contributed by atoms with van der Waals surface area (Å²) in [5.74, 6) is 2.18. The van der Waals surface area contributed by atoms with Gasteiger partial charge in [-0.05, 0) is 50.7 Å². The third kappa shape index (κ3) is 3.74. The van der Waals surface area contributed by atoms with E-state index in [1.807, 2.05) is 37.2 Å². The van der Waals surface area contributed by atoms with Gasteiger partial charge in [-0.15, -0.1) is 0 Å². The van der Waals surface area contributed by atoms with E-state index < -0.39 is 0 Å². The lowest BCUT2D eigenvalue weighted by molar-refractivity contribution is -0.123. The molecule has 2 aliphatic carbocycles. The number of para-hydroxylation sites is 1. The van der Waals surface area contributed by atoms with E-state index in [0.29, 0.717) is 23.9 Å². The first-order valence-electron chi connectivity index (χ1n) is 9.61. The van der Waals surface area contributed by atoms with Gasteiger partial charge in [0.05, 0.1) is 5.52 Å². The molecule has 2 saturated carbocycles. The number of carbonyl (C=O) groups excluding carboxylic acids is 1. The zero-order valence-corrected chi connectivity index (χ0v) is 15.5. The molecule has 0 bridgehead atoms. The fourth-order valence-corrected chi connectivity index (χ4v) is 3.69. The normalized spacial score (nSPS) is 22.8. The van der Waals surface area contributed by atoms with Crippen molar-refractivity contribution < 1.29 is 4.79 Å². The minimum Gasteiger partial charge on any atom is -0.362 e. The number of aromatic nitrogens is 2. The Morgan fingerprint density at radius 1 is 1.00 bits per heavy atom. The van der Waals surface area contributed by atoms with Crippen LogP contribution in [-0.2, 0) is 4.79 Å². The summed E-state index contributed by atoms with van der Waals surface area (Å²) in [5, 5.41) is 7.79. The molecule has 0 saturated heterocycles. The standard InChI is InChI=1S/C20H27N5O/c1-25(2)18-16-5-3-4-6-17(16)23-20(24-18)22-15-11-9-14(10-12-15)21-19(26)13-7-8-13/h3-6,13-15H,7-12H2,1-2H3,(H,21,26)(H,22,23,24)/t14-,15+. The van der Waals surface area contributed by atoms with Crippen LogP contribution in [0, 0.1) is 5.92 Å². The van der Waals surface area contributed by atoms with Gasteiger partial charge in [0, 0.05) is 37.5 Å². The van der Waals surface area contributed by atoms with Crippen molar-refractivity contribution in [1.29, 1.82) is 0 Å². The SMILES string of the molecule is CN(C)c1nc(N[C@H]2CC[C@@H](NC(=O)C3CC3)CC2)nc2ccccc12. The number of nitrogens with zero attached hydrogens (tertiary/aromatic N) is 3. The van der Waals surface area contributed by atoms with Crippen LogP contribution < -0.4 is 15.5 Å². The Hall–Kier alpha value is -2.37. The van der Waals surface area contributed by atoms with Crippen LogP contribution in [0.25, 0.3) is 10.9 Å². The minimum atomic E-state index is 0.259. The average Bonchev–Trinajstić information content (AvgIpc) is 3.48. The molecule has 1 heterocycles. The maximum Gasteiger partial charge on any atom is 0.225 e. The molecule has 2 aliphatic rings. The van der Waals surface area contributed by atoms with E-state index in [9.17, 15) is 4.79 Å². The van der Waals surface area contributed by atoms with Gasteiger partial charge in [0.15, 0.2) is 0 Å². The number of hydrogen-bond acceptors (Lipinski definition) is 5. The number of benzene rings is 1. The van der Waals surface area contributed by atoms with Gasteiger partial charge >= 0.3 is 0 Å². The molecule has 0 spiro atoms. The lowest BCUT2D eigenvalue weighted by Crippen LogP contribution is -2.40. The molecule has 6 heteroatoms. The Kier molecular flexibility index (Phi) is 4.66. The Bertz CT molecular complexity index is 794. The van der Waals surface area contributed by atoms with Crippen molar-refractivity contribution in [1.82, 2.24) is 15.3 Å². The molecule has 2 aromatic rings. The van der Waals surface area contributed by atoms with E-state index in [1.54, 1.807) is 0 Å². The topological polar surface area (TPSA) is 70.2 Å². The number of anilines is 2. The Morgan fingerprint density at radius 3 is 2.38 bits per heavy atom. The number of hydrogen-bond donors (Lipinski definition) is 2. The third-order valence-electron chi connectivity index (χ3n) is 5.36. The summed E-state index contributed by atoms with van der Waals surface area (Å²) >= 11 is 0. The van der Waals surface area contributed by atoms with Crippen LogP contribution in [0.1, 0.15) is 38.5 Å². The number of carbonyl (C=O) groups is 1. The van der Waals surface area contributed by atoms with Crippen LogP contribution in [0.15, 0.2) is 24.3 Å². The van der Waals surface area contributed by atoms with Crippen molar-refractivity contribution in [3.63, 3.8) is 0 Å². The Morgan fingerprint density at radius 2 is 1.69 bits per heavy atom. The second-order valence-corrected chi connectivity index (χ2v) is 7.76. The maximum atomic E-state index is 11.9. The first-order valence-corrected chi connectivity index (χ1v) is 9.61. The Labute approximate surface area is 154 Å². The van der Waals surface area contributed by atoms with Crippen molar-refractivity contribution in [2.75, 3.05) is 24.3 Å². The van der Waals surface area contributed by atoms with E-state index in [0.717, 1.165) is 55.2 Å². The summed E-state index contributed by atoms with van der Waals surface area (Å²) in [5.41, 5.74) is 0.957. The summed E-state index contributed by atoms with van der Waals surface area (Å²) < 4.78 is 0. The van der Waals surface area contributed by atoms with Crippen LogP contribution in [0.5, 0.6) is 0 Å². The van der Waals surface area contributed by atoms with Gasteiger partial charge in [0.2, 0.25) is 11.9 Å². The van der Waals surface area contributed by atoms with E-state index in [1.165, 1.54) is 0 Å². The number of amides is 1. The van der Waals surface area contributed by atoms with E-state index in [-0.39, 0.29) is 5.91 Å². The summed E-state index contributed by atoms with van der Waals surface area (Å²) in [4.78, 5) is 23.4. The molecule has 0 atom stereocenters. The van der Waals surface area contributed by atoms with Crippen molar-refractivity contribution >= 4 is 28.6 Å². The zero-order valence-electron chi connectivity index (χ0n) is 15.5. The molecule has 2 N–H and O–H groups in total. The predicted octanol–water partition coefficient (Wildman–Crippen LogP) is 2.95. The van der Waals surface area contributed by atoms with Gasteiger partial charge in [-0.25, -0.2) is 4.98 Å². The summed E-state index contributed by atoms with van der Waals surface area (Å²) in [7, 11) is 4.01. The maximum absolute atomic E-state index is 11.9. The molecule has 26 heavy (non-hydrogen) atoms. The van der Waals surface area contributed by atoms with Crippen molar-refractivity contribution in [3.05, 3.63) is 24.3 Å². The van der Waals surface area contributed by atoms with E-state index in [2.05, 4.69) is 16.7 Å². The largest absolute Gasteiger partial charge is 0.362 e. The first-order chi connectivity index (χ1) is 12.6. The lowest BCUT2D eigenvalue weighted by atomic mass is 9.91. The molecule has 1 amide bonds. The highest BCUT2D eigenvalue weighted by molar-refractivity contribution is 5.90.